The lowest BCUT2D eigenvalue weighted by atomic mass is 10.3. The molecule has 0 aliphatic rings. The van der Waals surface area contributed by atoms with Gasteiger partial charge in [-0.1, -0.05) is 6.92 Å². The Balaban J connectivity index is 1.74. The highest BCUT2D eigenvalue weighted by Gasteiger charge is 2.03. The Bertz CT molecular complexity index is 670. The summed E-state index contributed by atoms with van der Waals surface area (Å²) >= 11 is 0. The van der Waals surface area contributed by atoms with Gasteiger partial charge in [-0.25, -0.2) is 4.98 Å². The van der Waals surface area contributed by atoms with Crippen molar-refractivity contribution in [2.24, 2.45) is 0 Å². The summed E-state index contributed by atoms with van der Waals surface area (Å²) < 4.78 is 6.73. The van der Waals surface area contributed by atoms with Gasteiger partial charge in [0.25, 0.3) is 11.5 Å². The third-order valence-corrected chi connectivity index (χ3v) is 2.98. The van der Waals surface area contributed by atoms with E-state index in [2.05, 4.69) is 15.3 Å². The van der Waals surface area contributed by atoms with Crippen LogP contribution in [-0.2, 0) is 17.8 Å². The molecule has 0 spiro atoms. The predicted molar refractivity (Wildman–Crippen MR) is 80.6 cm³/mol. The van der Waals surface area contributed by atoms with Crippen molar-refractivity contribution < 1.29 is 9.53 Å². The molecule has 22 heavy (non-hydrogen) atoms. The van der Waals surface area contributed by atoms with Gasteiger partial charge in [0.1, 0.15) is 5.75 Å². The molecular formula is C15H18N4O3. The molecule has 7 heteroatoms. The minimum atomic E-state index is -0.255. The molecule has 0 fully saturated rings. The molecule has 2 aromatic heterocycles. The SMILES string of the molecule is CCc1cc(=O)n(CCNC(=O)COc2cccnc2)cn1. The molecule has 0 bridgehead atoms. The third-order valence-electron chi connectivity index (χ3n) is 2.98. The van der Waals surface area contributed by atoms with Gasteiger partial charge in [-0.2, -0.15) is 0 Å². The van der Waals surface area contributed by atoms with Crippen LogP contribution in [0.25, 0.3) is 0 Å². The average molecular weight is 302 g/mol. The summed E-state index contributed by atoms with van der Waals surface area (Å²) in [4.78, 5) is 31.4. The Labute approximate surface area is 128 Å². The molecule has 0 saturated heterocycles. The van der Waals surface area contributed by atoms with E-state index in [-0.39, 0.29) is 18.1 Å². The summed E-state index contributed by atoms with van der Waals surface area (Å²) in [6.45, 7) is 2.55. The van der Waals surface area contributed by atoms with E-state index in [0.29, 0.717) is 18.8 Å². The second-order valence-corrected chi connectivity index (χ2v) is 4.59. The van der Waals surface area contributed by atoms with Gasteiger partial charge in [-0.15, -0.1) is 0 Å². The van der Waals surface area contributed by atoms with Gasteiger partial charge in [0.05, 0.1) is 12.5 Å². The maximum Gasteiger partial charge on any atom is 0.258 e. The zero-order valence-corrected chi connectivity index (χ0v) is 12.4. The molecule has 0 saturated carbocycles. The Hall–Kier alpha value is -2.70. The number of carbonyl (C=O) groups excluding carboxylic acids is 1. The fourth-order valence-corrected chi connectivity index (χ4v) is 1.77. The van der Waals surface area contributed by atoms with Crippen molar-refractivity contribution in [2.45, 2.75) is 19.9 Å². The van der Waals surface area contributed by atoms with Crippen molar-refractivity contribution in [3.63, 3.8) is 0 Å². The van der Waals surface area contributed by atoms with E-state index < -0.39 is 0 Å². The normalized spacial score (nSPS) is 10.2. The third kappa shape index (κ3) is 4.69. The highest BCUT2D eigenvalue weighted by atomic mass is 16.5. The van der Waals surface area contributed by atoms with E-state index in [1.54, 1.807) is 18.3 Å². The van der Waals surface area contributed by atoms with Crippen LogP contribution in [0.5, 0.6) is 5.75 Å². The summed E-state index contributed by atoms with van der Waals surface area (Å²) in [6.07, 6.45) is 5.38. The Morgan fingerprint density at radius 2 is 2.32 bits per heavy atom. The summed E-state index contributed by atoms with van der Waals surface area (Å²) in [7, 11) is 0. The van der Waals surface area contributed by atoms with Crippen molar-refractivity contribution >= 4 is 5.91 Å². The van der Waals surface area contributed by atoms with E-state index in [9.17, 15) is 9.59 Å². The number of aromatic nitrogens is 3. The van der Waals surface area contributed by atoms with Gasteiger partial charge in [-0.3, -0.25) is 19.1 Å². The van der Waals surface area contributed by atoms with Gasteiger partial charge < -0.3 is 10.1 Å². The van der Waals surface area contributed by atoms with Crippen LogP contribution in [0.2, 0.25) is 0 Å². The number of carbonyl (C=O) groups is 1. The van der Waals surface area contributed by atoms with Crippen LogP contribution in [0.3, 0.4) is 0 Å². The summed E-state index contributed by atoms with van der Waals surface area (Å²) in [5.41, 5.74) is 0.642. The first-order valence-corrected chi connectivity index (χ1v) is 7.04. The lowest BCUT2D eigenvalue weighted by molar-refractivity contribution is -0.123. The van der Waals surface area contributed by atoms with Gasteiger partial charge in [-0.05, 0) is 18.6 Å². The van der Waals surface area contributed by atoms with Gasteiger partial charge in [0, 0.05) is 31.0 Å². The topological polar surface area (TPSA) is 86.1 Å². The van der Waals surface area contributed by atoms with Crippen LogP contribution in [0.4, 0.5) is 0 Å². The van der Waals surface area contributed by atoms with E-state index >= 15 is 0 Å². The second-order valence-electron chi connectivity index (χ2n) is 4.59. The molecule has 1 N–H and O–H groups in total. The quantitative estimate of drug-likeness (QED) is 0.800. The molecule has 0 aliphatic heterocycles. The molecule has 0 unspecified atom stereocenters. The van der Waals surface area contributed by atoms with Crippen LogP contribution < -0.4 is 15.6 Å². The fraction of sp³-hybridized carbons (Fsp3) is 0.333. The van der Waals surface area contributed by atoms with Crippen LogP contribution in [-0.4, -0.2) is 33.6 Å². The minimum absolute atomic E-state index is 0.0897. The first kappa shape index (κ1) is 15.7. The number of hydrogen-bond donors (Lipinski definition) is 1. The molecule has 2 aromatic rings. The minimum Gasteiger partial charge on any atom is -0.482 e. The van der Waals surface area contributed by atoms with E-state index in [0.717, 1.165) is 12.1 Å². The number of nitrogens with zero attached hydrogens (tertiary/aromatic N) is 3. The molecule has 1 amide bonds. The van der Waals surface area contributed by atoms with Crippen molar-refractivity contribution in [1.82, 2.24) is 19.9 Å². The van der Waals surface area contributed by atoms with Crippen LogP contribution in [0.15, 0.2) is 41.7 Å². The number of amides is 1. The molecule has 116 valence electrons. The zero-order valence-electron chi connectivity index (χ0n) is 12.4. The molecule has 2 heterocycles. The van der Waals surface area contributed by atoms with Crippen LogP contribution >= 0.6 is 0 Å². The number of rotatable bonds is 7. The van der Waals surface area contributed by atoms with Gasteiger partial charge in [0.2, 0.25) is 0 Å². The molecule has 2 rings (SSSR count). The van der Waals surface area contributed by atoms with Gasteiger partial charge >= 0.3 is 0 Å². The number of hydrogen-bond acceptors (Lipinski definition) is 5. The van der Waals surface area contributed by atoms with Crippen molar-refractivity contribution in [3.8, 4) is 5.75 Å². The monoisotopic (exact) mass is 302 g/mol. The van der Waals surface area contributed by atoms with E-state index in [1.807, 2.05) is 6.92 Å². The van der Waals surface area contributed by atoms with Crippen molar-refractivity contribution in [2.75, 3.05) is 13.2 Å². The largest absolute Gasteiger partial charge is 0.482 e. The van der Waals surface area contributed by atoms with E-state index in [4.69, 9.17) is 4.74 Å². The number of pyridine rings is 1. The van der Waals surface area contributed by atoms with Crippen LogP contribution in [0, 0.1) is 0 Å². The van der Waals surface area contributed by atoms with E-state index in [1.165, 1.54) is 23.2 Å². The lowest BCUT2D eigenvalue weighted by Crippen LogP contribution is -2.33. The number of nitrogens with one attached hydrogen (secondary N) is 1. The molecule has 0 radical (unpaired) electrons. The second kappa shape index (κ2) is 7.92. The molecule has 0 aromatic carbocycles. The summed E-state index contributed by atoms with van der Waals surface area (Å²) in [5, 5.41) is 2.69. The standard InChI is InChI=1S/C15H18N4O3/c1-2-12-8-15(21)19(11-18-12)7-6-17-14(20)10-22-13-4-3-5-16-9-13/h3-5,8-9,11H,2,6-7,10H2,1H3,(H,17,20). The number of ether oxygens (including phenoxy) is 1. The highest BCUT2D eigenvalue weighted by molar-refractivity contribution is 5.77. The molecule has 7 nitrogen and oxygen atoms in total. The smallest absolute Gasteiger partial charge is 0.258 e. The summed E-state index contributed by atoms with van der Waals surface area (Å²) in [5.74, 6) is 0.281. The molecule has 0 aliphatic carbocycles. The highest BCUT2D eigenvalue weighted by Crippen LogP contribution is 2.05. The molecular weight excluding hydrogens is 284 g/mol. The Morgan fingerprint density at radius 3 is 3.00 bits per heavy atom. The maximum atomic E-state index is 11.8. The summed E-state index contributed by atoms with van der Waals surface area (Å²) in [6, 6.07) is 4.96. The van der Waals surface area contributed by atoms with Crippen molar-refractivity contribution in [1.29, 1.82) is 0 Å². The lowest BCUT2D eigenvalue weighted by Gasteiger charge is -2.08. The number of aryl methyl sites for hydroxylation is 1. The first-order valence-electron chi connectivity index (χ1n) is 7.04. The average Bonchev–Trinajstić information content (AvgIpc) is 2.55. The fourth-order valence-electron chi connectivity index (χ4n) is 1.77. The first-order chi connectivity index (χ1) is 10.7. The van der Waals surface area contributed by atoms with Crippen LogP contribution in [0.1, 0.15) is 12.6 Å². The predicted octanol–water partition coefficient (Wildman–Crippen LogP) is 0.396. The Kier molecular flexibility index (Phi) is 5.65. The Morgan fingerprint density at radius 1 is 1.45 bits per heavy atom. The molecule has 0 atom stereocenters. The maximum absolute atomic E-state index is 11.8. The zero-order chi connectivity index (χ0) is 15.8. The van der Waals surface area contributed by atoms with Crippen molar-refractivity contribution in [3.05, 3.63) is 53.0 Å². The van der Waals surface area contributed by atoms with Gasteiger partial charge in [0.15, 0.2) is 6.61 Å².